The summed E-state index contributed by atoms with van der Waals surface area (Å²) >= 11 is 0. The number of nitrogens with zero attached hydrogens (tertiary/aromatic N) is 2. The third-order valence-electron chi connectivity index (χ3n) is 6.83. The van der Waals surface area contributed by atoms with Gasteiger partial charge in [-0.05, 0) is 86.3 Å². The highest BCUT2D eigenvalue weighted by Crippen LogP contribution is 2.61. The molecule has 4 bridgehead atoms. The quantitative estimate of drug-likeness (QED) is 0.731. The van der Waals surface area contributed by atoms with Crippen molar-refractivity contribution in [1.82, 2.24) is 0 Å². The third-order valence-corrected chi connectivity index (χ3v) is 6.83. The summed E-state index contributed by atoms with van der Waals surface area (Å²) in [6, 6.07) is 9.20. The molecule has 4 aliphatic rings. The first-order chi connectivity index (χ1) is 11.0. The van der Waals surface area contributed by atoms with Crippen LogP contribution in [0.1, 0.15) is 51.0 Å². The van der Waals surface area contributed by atoms with Crippen LogP contribution in [-0.4, -0.2) is 26.4 Å². The zero-order valence-electron chi connectivity index (χ0n) is 14.8. The number of anilines is 1. The molecule has 1 aromatic rings. The lowest BCUT2D eigenvalue weighted by Gasteiger charge is -2.58. The van der Waals surface area contributed by atoms with Crippen molar-refractivity contribution in [3.63, 3.8) is 0 Å². The largest absolute Gasteiger partial charge is 0.378 e. The molecular formula is C21H30N2. The summed E-state index contributed by atoms with van der Waals surface area (Å²) < 4.78 is 0. The maximum Gasteiger partial charge on any atom is 0.0528 e. The van der Waals surface area contributed by atoms with Crippen LogP contribution in [0.25, 0.3) is 0 Å². The fourth-order valence-corrected chi connectivity index (χ4v) is 5.90. The van der Waals surface area contributed by atoms with Crippen LogP contribution in [0.2, 0.25) is 0 Å². The number of rotatable bonds is 4. The fourth-order valence-electron chi connectivity index (χ4n) is 5.90. The van der Waals surface area contributed by atoms with Crippen LogP contribution in [0.15, 0.2) is 29.3 Å². The summed E-state index contributed by atoms with van der Waals surface area (Å²) in [6.07, 6.45) is 11.0. The maximum absolute atomic E-state index is 5.02. The van der Waals surface area contributed by atoms with Gasteiger partial charge in [-0.3, -0.25) is 4.99 Å². The second-order valence-corrected chi connectivity index (χ2v) is 8.72. The molecule has 0 radical (unpaired) electrons. The van der Waals surface area contributed by atoms with Crippen LogP contribution >= 0.6 is 0 Å². The number of aliphatic imine (C=N–C) groups is 1. The Balaban J connectivity index is 1.48. The minimum Gasteiger partial charge on any atom is -0.378 e. The Bertz CT molecular complexity index is 549. The van der Waals surface area contributed by atoms with Crippen molar-refractivity contribution in [2.24, 2.45) is 28.2 Å². The molecule has 1 atom stereocenters. The lowest BCUT2D eigenvalue weighted by atomic mass is 9.48. The summed E-state index contributed by atoms with van der Waals surface area (Å²) in [5.41, 5.74) is 3.00. The molecule has 1 aromatic carbocycles. The van der Waals surface area contributed by atoms with Gasteiger partial charge in [0.1, 0.15) is 0 Å². The molecule has 2 heteroatoms. The number of hydrogen-bond acceptors (Lipinski definition) is 2. The van der Waals surface area contributed by atoms with Gasteiger partial charge in [0.2, 0.25) is 0 Å². The average Bonchev–Trinajstić information content (AvgIpc) is 2.51. The average molecular weight is 310 g/mol. The first-order valence-electron chi connectivity index (χ1n) is 9.35. The highest BCUT2D eigenvalue weighted by Gasteiger charge is 2.53. The normalized spacial score (nSPS) is 36.6. The molecule has 124 valence electrons. The van der Waals surface area contributed by atoms with Gasteiger partial charge in [-0.1, -0.05) is 12.1 Å². The SMILES string of the molecule is C[C@@H](N=Cc1ccc(N(C)C)cc1)C12CC3CC(CC(C3)C1)C2. The summed E-state index contributed by atoms with van der Waals surface area (Å²) in [5.74, 6) is 3.04. The van der Waals surface area contributed by atoms with Gasteiger partial charge in [0.05, 0.1) is 6.04 Å². The zero-order valence-corrected chi connectivity index (χ0v) is 14.8. The predicted molar refractivity (Wildman–Crippen MR) is 98.4 cm³/mol. The number of hydrogen-bond donors (Lipinski definition) is 0. The van der Waals surface area contributed by atoms with Crippen LogP contribution in [-0.2, 0) is 0 Å². The Morgan fingerprint density at radius 1 is 1.00 bits per heavy atom. The molecule has 0 amide bonds. The molecule has 5 rings (SSSR count). The van der Waals surface area contributed by atoms with Gasteiger partial charge in [-0.25, -0.2) is 0 Å². The van der Waals surface area contributed by atoms with Gasteiger partial charge in [-0.15, -0.1) is 0 Å². The van der Waals surface area contributed by atoms with Crippen LogP contribution < -0.4 is 4.90 Å². The molecule has 0 spiro atoms. The zero-order chi connectivity index (χ0) is 16.0. The van der Waals surface area contributed by atoms with E-state index >= 15 is 0 Å². The van der Waals surface area contributed by atoms with Crippen molar-refractivity contribution < 1.29 is 0 Å². The van der Waals surface area contributed by atoms with E-state index in [-0.39, 0.29) is 0 Å². The summed E-state index contributed by atoms with van der Waals surface area (Å²) in [7, 11) is 4.16. The molecule has 0 heterocycles. The van der Waals surface area contributed by atoms with E-state index in [4.69, 9.17) is 4.99 Å². The van der Waals surface area contributed by atoms with E-state index < -0.39 is 0 Å². The molecule has 0 aromatic heterocycles. The van der Waals surface area contributed by atoms with Crippen molar-refractivity contribution in [3.8, 4) is 0 Å². The highest BCUT2D eigenvalue weighted by molar-refractivity contribution is 5.80. The smallest absolute Gasteiger partial charge is 0.0528 e. The first-order valence-corrected chi connectivity index (χ1v) is 9.35. The second kappa shape index (κ2) is 5.65. The highest BCUT2D eigenvalue weighted by atomic mass is 15.1. The van der Waals surface area contributed by atoms with Gasteiger partial charge in [0.25, 0.3) is 0 Å². The molecule has 4 saturated carbocycles. The monoisotopic (exact) mass is 310 g/mol. The van der Waals surface area contributed by atoms with Crippen molar-refractivity contribution in [2.45, 2.75) is 51.5 Å². The minimum absolute atomic E-state index is 0.476. The van der Waals surface area contributed by atoms with Gasteiger partial charge < -0.3 is 4.90 Å². The van der Waals surface area contributed by atoms with E-state index in [9.17, 15) is 0 Å². The van der Waals surface area contributed by atoms with Gasteiger partial charge in [0.15, 0.2) is 0 Å². The maximum atomic E-state index is 5.02. The van der Waals surface area contributed by atoms with Gasteiger partial charge in [0, 0.05) is 26.0 Å². The van der Waals surface area contributed by atoms with Crippen LogP contribution in [0.3, 0.4) is 0 Å². The van der Waals surface area contributed by atoms with Crippen molar-refractivity contribution in [3.05, 3.63) is 29.8 Å². The second-order valence-electron chi connectivity index (χ2n) is 8.72. The standard InChI is InChI=1S/C21H30N2/c1-15(22-14-16-4-6-20(7-5-16)23(2)3)21-11-17-8-18(12-21)10-19(9-17)13-21/h4-7,14-15,17-19H,8-13H2,1-3H3/t15-,17?,18?,19?,21?/m1/s1. The molecule has 4 fully saturated rings. The van der Waals surface area contributed by atoms with E-state index in [1.807, 2.05) is 0 Å². The van der Waals surface area contributed by atoms with Crippen LogP contribution in [0.5, 0.6) is 0 Å². The Morgan fingerprint density at radius 3 is 2.00 bits per heavy atom. The molecule has 0 unspecified atom stereocenters. The van der Waals surface area contributed by atoms with Crippen LogP contribution in [0.4, 0.5) is 5.69 Å². The Kier molecular flexibility index (Phi) is 3.74. The van der Waals surface area contributed by atoms with E-state index in [1.54, 1.807) is 0 Å². The summed E-state index contributed by atoms with van der Waals surface area (Å²) in [6.45, 7) is 2.37. The van der Waals surface area contributed by atoms with E-state index in [1.165, 1.54) is 49.8 Å². The molecule has 2 nitrogen and oxygen atoms in total. The first kappa shape index (κ1) is 15.2. The Labute approximate surface area is 141 Å². The Hall–Kier alpha value is -1.31. The van der Waals surface area contributed by atoms with Crippen molar-refractivity contribution in [2.75, 3.05) is 19.0 Å². The lowest BCUT2D eigenvalue weighted by Crippen LogP contribution is -2.50. The molecule has 0 aliphatic heterocycles. The molecule has 23 heavy (non-hydrogen) atoms. The van der Waals surface area contributed by atoms with Crippen molar-refractivity contribution in [1.29, 1.82) is 0 Å². The predicted octanol–water partition coefficient (Wildman–Crippen LogP) is 4.78. The molecular weight excluding hydrogens is 280 g/mol. The third kappa shape index (κ3) is 2.81. The van der Waals surface area contributed by atoms with E-state index in [0.29, 0.717) is 11.5 Å². The van der Waals surface area contributed by atoms with E-state index in [0.717, 1.165) is 17.8 Å². The van der Waals surface area contributed by atoms with Crippen molar-refractivity contribution >= 4 is 11.9 Å². The Morgan fingerprint density at radius 2 is 1.52 bits per heavy atom. The summed E-state index contributed by atoms with van der Waals surface area (Å²) in [5, 5.41) is 0. The molecule has 4 aliphatic carbocycles. The fraction of sp³-hybridized carbons (Fsp3) is 0.667. The minimum atomic E-state index is 0.476. The summed E-state index contributed by atoms with van der Waals surface area (Å²) in [4.78, 5) is 7.16. The number of benzene rings is 1. The molecule has 0 N–H and O–H groups in total. The topological polar surface area (TPSA) is 15.6 Å². The van der Waals surface area contributed by atoms with Crippen LogP contribution in [0, 0.1) is 23.2 Å². The van der Waals surface area contributed by atoms with Gasteiger partial charge >= 0.3 is 0 Å². The van der Waals surface area contributed by atoms with Gasteiger partial charge in [-0.2, -0.15) is 0 Å². The lowest BCUT2D eigenvalue weighted by molar-refractivity contribution is -0.0632. The molecule has 0 saturated heterocycles. The van der Waals surface area contributed by atoms with E-state index in [2.05, 4.69) is 56.4 Å².